The van der Waals surface area contributed by atoms with Gasteiger partial charge in [0.15, 0.2) is 5.60 Å². The lowest BCUT2D eigenvalue weighted by molar-refractivity contribution is -0.270. The van der Waals surface area contributed by atoms with E-state index in [0.29, 0.717) is 17.7 Å². The third-order valence-electron chi connectivity index (χ3n) is 4.52. The van der Waals surface area contributed by atoms with Gasteiger partial charge in [-0.15, -0.1) is 0 Å². The molecule has 0 aliphatic rings. The van der Waals surface area contributed by atoms with E-state index < -0.39 is 18.2 Å². The third kappa shape index (κ3) is 4.90. The van der Waals surface area contributed by atoms with Gasteiger partial charge in [0.25, 0.3) is 0 Å². The van der Waals surface area contributed by atoms with Gasteiger partial charge in [-0.25, -0.2) is 4.99 Å². The van der Waals surface area contributed by atoms with Crippen LogP contribution in [0, 0.1) is 6.92 Å². The molecule has 26 heavy (non-hydrogen) atoms. The number of aliphatic hydroxyl groups is 1. The highest BCUT2D eigenvalue weighted by Crippen LogP contribution is 2.47. The van der Waals surface area contributed by atoms with Crippen LogP contribution in [0.2, 0.25) is 0 Å². The molecule has 0 saturated carbocycles. The van der Waals surface area contributed by atoms with Crippen LogP contribution in [0.3, 0.4) is 0 Å². The van der Waals surface area contributed by atoms with Gasteiger partial charge in [0.1, 0.15) is 5.75 Å². The number of ether oxygens (including phenoxy) is 1. The van der Waals surface area contributed by atoms with Crippen molar-refractivity contribution in [3.63, 3.8) is 0 Å². The summed E-state index contributed by atoms with van der Waals surface area (Å²) in [5.41, 5.74) is -2.18. The summed E-state index contributed by atoms with van der Waals surface area (Å²) in [5, 5.41) is 10.5. The van der Waals surface area contributed by atoms with Crippen LogP contribution in [0.1, 0.15) is 51.2 Å². The summed E-state index contributed by atoms with van der Waals surface area (Å²) < 4.78 is 46.2. The number of halogens is 3. The Hall–Kier alpha value is -1.76. The maximum Gasteiger partial charge on any atom is 0.421 e. The largest absolute Gasteiger partial charge is 0.496 e. The number of hydrogen-bond acceptors (Lipinski definition) is 3. The Labute approximate surface area is 153 Å². The van der Waals surface area contributed by atoms with E-state index in [0.717, 1.165) is 0 Å². The molecule has 1 N–H and O–H groups in total. The van der Waals surface area contributed by atoms with Crippen LogP contribution >= 0.6 is 0 Å². The SMILES string of the molecule is CCCCC(O)(c1cc(C)c(N=CN(C)C(C)C)cc1OC)C(F)(F)F. The summed E-state index contributed by atoms with van der Waals surface area (Å²) >= 11 is 0. The molecule has 4 nitrogen and oxygen atoms in total. The lowest BCUT2D eigenvalue weighted by Crippen LogP contribution is -2.42. The van der Waals surface area contributed by atoms with Crippen LogP contribution in [0.15, 0.2) is 17.1 Å². The first-order chi connectivity index (χ1) is 12.0. The lowest BCUT2D eigenvalue weighted by Gasteiger charge is -2.32. The Balaban J connectivity index is 3.42. The number of rotatable bonds is 8. The Bertz CT molecular complexity index is 630. The van der Waals surface area contributed by atoms with E-state index in [1.54, 1.807) is 20.2 Å². The molecule has 0 saturated heterocycles. The molecule has 0 aromatic heterocycles. The van der Waals surface area contributed by atoms with Crippen molar-refractivity contribution in [2.45, 2.75) is 64.8 Å². The van der Waals surface area contributed by atoms with E-state index in [9.17, 15) is 18.3 Å². The lowest BCUT2D eigenvalue weighted by atomic mass is 9.86. The van der Waals surface area contributed by atoms with Crippen molar-refractivity contribution < 1.29 is 23.0 Å². The predicted molar refractivity (Wildman–Crippen MR) is 98.3 cm³/mol. The van der Waals surface area contributed by atoms with Gasteiger partial charge < -0.3 is 14.7 Å². The molecule has 1 aromatic carbocycles. The summed E-state index contributed by atoms with van der Waals surface area (Å²) in [6.07, 6.45) is -2.80. The van der Waals surface area contributed by atoms with Crippen LogP contribution in [0.4, 0.5) is 18.9 Å². The van der Waals surface area contributed by atoms with E-state index in [-0.39, 0.29) is 23.8 Å². The molecule has 148 valence electrons. The number of alkyl halides is 3. The van der Waals surface area contributed by atoms with E-state index in [4.69, 9.17) is 4.74 Å². The Kier molecular flexibility index (Phi) is 7.50. The second-order valence-corrected chi connectivity index (χ2v) is 6.80. The number of benzene rings is 1. The quantitative estimate of drug-likeness (QED) is 0.518. The Morgan fingerprint density at radius 2 is 1.92 bits per heavy atom. The second-order valence-electron chi connectivity index (χ2n) is 6.80. The van der Waals surface area contributed by atoms with Crippen molar-refractivity contribution in [3.8, 4) is 5.75 Å². The Morgan fingerprint density at radius 1 is 1.31 bits per heavy atom. The molecule has 7 heteroatoms. The number of methoxy groups -OCH3 is 1. The Morgan fingerprint density at radius 3 is 2.38 bits per heavy atom. The molecule has 0 heterocycles. The van der Waals surface area contributed by atoms with Gasteiger partial charge in [-0.3, -0.25) is 0 Å². The van der Waals surface area contributed by atoms with Crippen molar-refractivity contribution in [2.75, 3.05) is 14.2 Å². The molecule has 0 radical (unpaired) electrons. The summed E-state index contributed by atoms with van der Waals surface area (Å²) in [4.78, 5) is 6.22. The standard InChI is InChI=1S/C19H29F3N2O2/c1-7-8-9-18(25,19(20,21)22)15-10-14(4)16(11-17(15)26-6)23-12-24(5)13(2)3/h10-13,25H,7-9H2,1-6H3. The van der Waals surface area contributed by atoms with Crippen molar-refractivity contribution in [1.29, 1.82) is 0 Å². The monoisotopic (exact) mass is 374 g/mol. The average Bonchev–Trinajstić information content (AvgIpc) is 2.56. The fourth-order valence-electron chi connectivity index (χ4n) is 2.46. The zero-order valence-corrected chi connectivity index (χ0v) is 16.3. The van der Waals surface area contributed by atoms with Crippen LogP contribution in [-0.4, -0.2) is 42.7 Å². The summed E-state index contributed by atoms with van der Waals surface area (Å²) in [6, 6.07) is 3.01. The topological polar surface area (TPSA) is 45.1 Å². The minimum absolute atomic E-state index is 0.0223. The fourth-order valence-corrected chi connectivity index (χ4v) is 2.46. The van der Waals surface area contributed by atoms with Crippen molar-refractivity contribution >= 4 is 12.0 Å². The highest BCUT2D eigenvalue weighted by Gasteiger charge is 2.55. The van der Waals surface area contributed by atoms with Crippen molar-refractivity contribution in [2.24, 2.45) is 4.99 Å². The van der Waals surface area contributed by atoms with Crippen LogP contribution < -0.4 is 4.74 Å². The number of aliphatic imine (C=N–C) groups is 1. The molecule has 1 unspecified atom stereocenters. The molecular weight excluding hydrogens is 345 g/mol. The highest BCUT2D eigenvalue weighted by molar-refractivity contribution is 5.65. The number of aryl methyl sites for hydroxylation is 1. The summed E-state index contributed by atoms with van der Waals surface area (Å²) in [6.45, 7) is 7.45. The zero-order valence-electron chi connectivity index (χ0n) is 16.3. The molecular formula is C19H29F3N2O2. The van der Waals surface area contributed by atoms with Gasteiger partial charge >= 0.3 is 6.18 Å². The maximum atomic E-state index is 13.7. The second kappa shape index (κ2) is 8.75. The highest BCUT2D eigenvalue weighted by atomic mass is 19.4. The van der Waals surface area contributed by atoms with Crippen molar-refractivity contribution in [1.82, 2.24) is 4.90 Å². The van der Waals surface area contributed by atoms with E-state index in [1.165, 1.54) is 19.2 Å². The number of nitrogens with zero attached hydrogens (tertiary/aromatic N) is 2. The molecule has 0 aliphatic heterocycles. The van der Waals surface area contributed by atoms with Crippen LogP contribution in [-0.2, 0) is 5.60 Å². The van der Waals surface area contributed by atoms with Gasteiger partial charge in [-0.05, 0) is 38.8 Å². The van der Waals surface area contributed by atoms with Crippen LogP contribution in [0.5, 0.6) is 5.75 Å². The van der Waals surface area contributed by atoms with E-state index >= 15 is 0 Å². The van der Waals surface area contributed by atoms with Crippen LogP contribution in [0.25, 0.3) is 0 Å². The predicted octanol–water partition coefficient (Wildman–Crippen LogP) is 4.94. The molecule has 1 atom stereocenters. The number of hydrogen-bond donors (Lipinski definition) is 1. The van der Waals surface area contributed by atoms with Gasteiger partial charge in [0.05, 0.1) is 19.1 Å². The number of unbranched alkanes of at least 4 members (excludes halogenated alkanes) is 1. The molecule has 0 bridgehead atoms. The minimum atomic E-state index is -4.80. The van der Waals surface area contributed by atoms with E-state index in [1.807, 2.05) is 25.8 Å². The average molecular weight is 374 g/mol. The summed E-state index contributed by atoms with van der Waals surface area (Å²) in [5.74, 6) is -0.0223. The summed E-state index contributed by atoms with van der Waals surface area (Å²) in [7, 11) is 3.15. The molecule has 0 spiro atoms. The fraction of sp³-hybridized carbons (Fsp3) is 0.632. The smallest absolute Gasteiger partial charge is 0.421 e. The van der Waals surface area contributed by atoms with Gasteiger partial charge in [-0.2, -0.15) is 13.2 Å². The maximum absolute atomic E-state index is 13.7. The normalized spacial score (nSPS) is 14.7. The first-order valence-corrected chi connectivity index (χ1v) is 8.72. The molecule has 0 amide bonds. The molecule has 1 rings (SSSR count). The molecule has 0 fully saturated rings. The first kappa shape index (κ1) is 22.3. The third-order valence-corrected chi connectivity index (χ3v) is 4.52. The molecule has 1 aromatic rings. The van der Waals surface area contributed by atoms with Gasteiger partial charge in [0, 0.05) is 24.7 Å². The minimum Gasteiger partial charge on any atom is -0.496 e. The molecule has 0 aliphatic carbocycles. The zero-order chi connectivity index (χ0) is 20.1. The van der Waals surface area contributed by atoms with Gasteiger partial charge in [0.2, 0.25) is 0 Å². The van der Waals surface area contributed by atoms with Gasteiger partial charge in [-0.1, -0.05) is 19.8 Å². The van der Waals surface area contributed by atoms with E-state index in [2.05, 4.69) is 4.99 Å². The first-order valence-electron chi connectivity index (χ1n) is 8.72. The van der Waals surface area contributed by atoms with Crippen molar-refractivity contribution in [3.05, 3.63) is 23.3 Å².